The van der Waals surface area contributed by atoms with Crippen LogP contribution in [0, 0.1) is 12.8 Å². The molecular weight excluding hydrogens is 226 g/mol. The number of phenolic OH excluding ortho intramolecular Hbond substituents is 1. The van der Waals surface area contributed by atoms with Crippen molar-refractivity contribution in [3.63, 3.8) is 0 Å². The van der Waals surface area contributed by atoms with Gasteiger partial charge in [0.1, 0.15) is 5.75 Å². The summed E-state index contributed by atoms with van der Waals surface area (Å²) < 4.78 is 0. The van der Waals surface area contributed by atoms with Crippen LogP contribution in [-0.2, 0) is 0 Å². The van der Waals surface area contributed by atoms with E-state index >= 15 is 0 Å². The minimum atomic E-state index is -0.130. The number of hydrogen-bond donors (Lipinski definition) is 2. The van der Waals surface area contributed by atoms with Gasteiger partial charge in [-0.1, -0.05) is 6.92 Å². The Balaban J connectivity index is 2.66. The van der Waals surface area contributed by atoms with Gasteiger partial charge in [0.05, 0.1) is 0 Å². The molecule has 1 amide bonds. The SMILES string of the molecule is Cc1cc(O)ccc1C(=O)NCC(C)CCl. The number of nitrogens with one attached hydrogen (secondary N) is 1. The maximum Gasteiger partial charge on any atom is 0.251 e. The molecule has 0 aliphatic rings. The first-order valence-corrected chi connectivity index (χ1v) is 5.71. The van der Waals surface area contributed by atoms with E-state index in [4.69, 9.17) is 11.6 Å². The van der Waals surface area contributed by atoms with Gasteiger partial charge in [-0.15, -0.1) is 11.6 Å². The highest BCUT2D eigenvalue weighted by Crippen LogP contribution is 2.15. The summed E-state index contributed by atoms with van der Waals surface area (Å²) >= 11 is 5.65. The standard InChI is InChI=1S/C12H16ClNO2/c1-8(6-13)7-14-12(16)11-4-3-10(15)5-9(11)2/h3-5,8,15H,6-7H2,1-2H3,(H,14,16). The fourth-order valence-electron chi connectivity index (χ4n) is 1.32. The second-order valence-electron chi connectivity index (χ2n) is 3.97. The molecule has 0 radical (unpaired) electrons. The van der Waals surface area contributed by atoms with Gasteiger partial charge < -0.3 is 10.4 Å². The van der Waals surface area contributed by atoms with E-state index in [0.717, 1.165) is 5.56 Å². The monoisotopic (exact) mass is 241 g/mol. The Kier molecular flexibility index (Phi) is 4.62. The molecule has 0 fully saturated rings. The van der Waals surface area contributed by atoms with Crippen molar-refractivity contribution >= 4 is 17.5 Å². The molecule has 88 valence electrons. The summed E-state index contributed by atoms with van der Waals surface area (Å²) in [6, 6.07) is 4.69. The molecule has 3 nitrogen and oxygen atoms in total. The molecule has 0 saturated heterocycles. The minimum absolute atomic E-state index is 0.130. The van der Waals surface area contributed by atoms with E-state index in [0.29, 0.717) is 18.0 Å². The summed E-state index contributed by atoms with van der Waals surface area (Å²) in [5, 5.41) is 12.0. The lowest BCUT2D eigenvalue weighted by molar-refractivity contribution is 0.0948. The fraction of sp³-hybridized carbons (Fsp3) is 0.417. The van der Waals surface area contributed by atoms with Crippen LogP contribution in [0.25, 0.3) is 0 Å². The van der Waals surface area contributed by atoms with Crippen molar-refractivity contribution in [1.82, 2.24) is 5.32 Å². The number of alkyl halides is 1. The van der Waals surface area contributed by atoms with Crippen LogP contribution in [-0.4, -0.2) is 23.4 Å². The number of aromatic hydroxyl groups is 1. The zero-order valence-corrected chi connectivity index (χ0v) is 10.2. The van der Waals surface area contributed by atoms with E-state index < -0.39 is 0 Å². The van der Waals surface area contributed by atoms with Crippen LogP contribution in [0.2, 0.25) is 0 Å². The van der Waals surface area contributed by atoms with E-state index in [-0.39, 0.29) is 17.6 Å². The van der Waals surface area contributed by atoms with Gasteiger partial charge in [0.2, 0.25) is 0 Å². The van der Waals surface area contributed by atoms with Gasteiger partial charge in [-0.3, -0.25) is 4.79 Å². The number of halogens is 1. The van der Waals surface area contributed by atoms with Crippen molar-refractivity contribution in [2.24, 2.45) is 5.92 Å². The molecule has 1 aromatic carbocycles. The molecule has 4 heteroatoms. The van der Waals surface area contributed by atoms with Crippen molar-refractivity contribution < 1.29 is 9.90 Å². The molecule has 0 saturated carbocycles. The number of benzene rings is 1. The molecule has 16 heavy (non-hydrogen) atoms. The Labute approximate surface area is 100 Å². The number of rotatable bonds is 4. The van der Waals surface area contributed by atoms with Crippen LogP contribution < -0.4 is 5.32 Å². The number of carbonyl (C=O) groups is 1. The number of aryl methyl sites for hydroxylation is 1. The second-order valence-corrected chi connectivity index (χ2v) is 4.28. The van der Waals surface area contributed by atoms with Crippen molar-refractivity contribution in [1.29, 1.82) is 0 Å². The Bertz CT molecular complexity index is 379. The molecule has 1 atom stereocenters. The van der Waals surface area contributed by atoms with Crippen molar-refractivity contribution in [3.8, 4) is 5.75 Å². The second kappa shape index (κ2) is 5.75. The Morgan fingerprint density at radius 1 is 1.56 bits per heavy atom. The van der Waals surface area contributed by atoms with Gasteiger partial charge in [-0.2, -0.15) is 0 Å². The molecule has 0 spiro atoms. The minimum Gasteiger partial charge on any atom is -0.508 e. The predicted octanol–water partition coefficient (Wildman–Crippen LogP) is 2.31. The highest BCUT2D eigenvalue weighted by atomic mass is 35.5. The van der Waals surface area contributed by atoms with Crippen molar-refractivity contribution in [2.75, 3.05) is 12.4 Å². The normalized spacial score (nSPS) is 12.2. The molecule has 1 aromatic rings. The molecule has 1 unspecified atom stereocenters. The van der Waals surface area contributed by atoms with E-state index in [1.807, 2.05) is 6.92 Å². The molecule has 2 N–H and O–H groups in total. The highest BCUT2D eigenvalue weighted by Gasteiger charge is 2.10. The topological polar surface area (TPSA) is 49.3 Å². The van der Waals surface area contributed by atoms with Crippen LogP contribution in [0.5, 0.6) is 5.75 Å². The molecule has 0 heterocycles. The summed E-state index contributed by atoms with van der Waals surface area (Å²) in [5.74, 6) is 0.815. The van der Waals surface area contributed by atoms with Crippen LogP contribution in [0.1, 0.15) is 22.8 Å². The Morgan fingerprint density at radius 2 is 2.25 bits per heavy atom. The summed E-state index contributed by atoms with van der Waals surface area (Å²) in [6.45, 7) is 4.32. The van der Waals surface area contributed by atoms with Crippen LogP contribution >= 0.6 is 11.6 Å². The number of carbonyl (C=O) groups excluding carboxylic acids is 1. The first-order valence-electron chi connectivity index (χ1n) is 5.18. The lowest BCUT2D eigenvalue weighted by Gasteiger charge is -2.10. The van der Waals surface area contributed by atoms with Gasteiger partial charge in [-0.25, -0.2) is 0 Å². The average Bonchev–Trinajstić information content (AvgIpc) is 2.25. The lowest BCUT2D eigenvalue weighted by atomic mass is 10.1. The number of phenols is 1. The van der Waals surface area contributed by atoms with Crippen LogP contribution in [0.4, 0.5) is 0 Å². The van der Waals surface area contributed by atoms with Gasteiger partial charge in [0.15, 0.2) is 0 Å². The van der Waals surface area contributed by atoms with Crippen molar-refractivity contribution in [3.05, 3.63) is 29.3 Å². The van der Waals surface area contributed by atoms with Gasteiger partial charge in [0, 0.05) is 18.0 Å². The van der Waals surface area contributed by atoms with E-state index in [1.165, 1.54) is 6.07 Å². The maximum absolute atomic E-state index is 11.8. The fourth-order valence-corrected chi connectivity index (χ4v) is 1.43. The first-order chi connectivity index (χ1) is 7.54. The Hall–Kier alpha value is -1.22. The predicted molar refractivity (Wildman–Crippen MR) is 65.1 cm³/mol. The lowest BCUT2D eigenvalue weighted by Crippen LogP contribution is -2.29. The summed E-state index contributed by atoms with van der Waals surface area (Å²) in [6.07, 6.45) is 0. The quantitative estimate of drug-likeness (QED) is 0.795. The Morgan fingerprint density at radius 3 is 2.81 bits per heavy atom. The maximum atomic E-state index is 11.8. The number of amides is 1. The number of hydrogen-bond acceptors (Lipinski definition) is 2. The third-order valence-electron chi connectivity index (χ3n) is 2.33. The van der Waals surface area contributed by atoms with E-state index in [9.17, 15) is 9.90 Å². The zero-order valence-electron chi connectivity index (χ0n) is 9.46. The van der Waals surface area contributed by atoms with Crippen LogP contribution in [0.3, 0.4) is 0 Å². The largest absolute Gasteiger partial charge is 0.508 e. The van der Waals surface area contributed by atoms with E-state index in [1.54, 1.807) is 19.1 Å². The zero-order chi connectivity index (χ0) is 12.1. The van der Waals surface area contributed by atoms with Crippen LogP contribution in [0.15, 0.2) is 18.2 Å². The van der Waals surface area contributed by atoms with E-state index in [2.05, 4.69) is 5.32 Å². The third kappa shape index (κ3) is 3.42. The van der Waals surface area contributed by atoms with Gasteiger partial charge in [-0.05, 0) is 36.6 Å². The molecule has 0 aliphatic carbocycles. The van der Waals surface area contributed by atoms with Gasteiger partial charge in [0.25, 0.3) is 5.91 Å². The molecule has 0 aliphatic heterocycles. The molecule has 1 rings (SSSR count). The third-order valence-corrected chi connectivity index (χ3v) is 2.86. The smallest absolute Gasteiger partial charge is 0.251 e. The molecule has 0 bridgehead atoms. The van der Waals surface area contributed by atoms with Gasteiger partial charge >= 0.3 is 0 Å². The highest BCUT2D eigenvalue weighted by molar-refractivity contribution is 6.18. The summed E-state index contributed by atoms with van der Waals surface area (Å²) in [5.41, 5.74) is 1.34. The molecule has 0 aromatic heterocycles. The molecular formula is C12H16ClNO2. The summed E-state index contributed by atoms with van der Waals surface area (Å²) in [4.78, 5) is 11.8. The summed E-state index contributed by atoms with van der Waals surface area (Å²) in [7, 11) is 0. The average molecular weight is 242 g/mol. The first kappa shape index (κ1) is 12.8. The van der Waals surface area contributed by atoms with Crippen molar-refractivity contribution in [2.45, 2.75) is 13.8 Å².